The van der Waals surface area contributed by atoms with Gasteiger partial charge in [-0.2, -0.15) is 0 Å². The Kier molecular flexibility index (Phi) is 4.35. The van der Waals surface area contributed by atoms with Crippen LogP contribution < -0.4 is 4.74 Å². The summed E-state index contributed by atoms with van der Waals surface area (Å²) in [6.45, 7) is 3.52. The van der Waals surface area contributed by atoms with Crippen LogP contribution in [0.1, 0.15) is 29.7 Å². The minimum absolute atomic E-state index is 0.164. The highest BCUT2D eigenvalue weighted by molar-refractivity contribution is 5.31. The molecule has 0 saturated heterocycles. The van der Waals surface area contributed by atoms with Gasteiger partial charge in [-0.25, -0.2) is 8.78 Å². The van der Waals surface area contributed by atoms with Crippen molar-refractivity contribution in [2.24, 2.45) is 0 Å². The molecule has 20 heavy (non-hydrogen) atoms. The summed E-state index contributed by atoms with van der Waals surface area (Å²) in [5.41, 5.74) is 1.84. The maximum atomic E-state index is 13.7. The van der Waals surface area contributed by atoms with E-state index in [9.17, 15) is 13.9 Å². The van der Waals surface area contributed by atoms with E-state index in [1.54, 1.807) is 12.1 Å². The van der Waals surface area contributed by atoms with E-state index < -0.39 is 11.9 Å². The Morgan fingerprint density at radius 3 is 2.55 bits per heavy atom. The summed E-state index contributed by atoms with van der Waals surface area (Å²) in [5, 5.41) is 9.35. The SMILES string of the molecule is Cc1ccc(F)cc1COc1ccc([C@@H](C)O)c(F)c1. The van der Waals surface area contributed by atoms with Crippen molar-refractivity contribution in [1.29, 1.82) is 0 Å². The molecule has 1 N–H and O–H groups in total. The van der Waals surface area contributed by atoms with E-state index in [-0.39, 0.29) is 18.0 Å². The van der Waals surface area contributed by atoms with E-state index in [1.165, 1.54) is 31.2 Å². The van der Waals surface area contributed by atoms with Crippen molar-refractivity contribution in [1.82, 2.24) is 0 Å². The second-order valence-corrected chi connectivity index (χ2v) is 4.72. The van der Waals surface area contributed by atoms with Gasteiger partial charge in [-0.1, -0.05) is 6.07 Å². The first-order valence-corrected chi connectivity index (χ1v) is 6.32. The molecule has 2 aromatic carbocycles. The number of benzene rings is 2. The topological polar surface area (TPSA) is 29.5 Å². The summed E-state index contributed by atoms with van der Waals surface area (Å²) in [6.07, 6.45) is -0.866. The van der Waals surface area contributed by atoms with Gasteiger partial charge in [-0.3, -0.25) is 0 Å². The largest absolute Gasteiger partial charge is 0.489 e. The van der Waals surface area contributed by atoms with Gasteiger partial charge in [0.25, 0.3) is 0 Å². The third-order valence-electron chi connectivity index (χ3n) is 3.13. The summed E-state index contributed by atoms with van der Waals surface area (Å²) in [6, 6.07) is 8.74. The average molecular weight is 278 g/mol. The number of hydrogen-bond donors (Lipinski definition) is 1. The smallest absolute Gasteiger partial charge is 0.132 e. The summed E-state index contributed by atoms with van der Waals surface area (Å²) in [5.74, 6) is -0.506. The lowest BCUT2D eigenvalue weighted by atomic mass is 10.1. The first-order chi connectivity index (χ1) is 9.47. The van der Waals surface area contributed by atoms with Gasteiger partial charge in [-0.15, -0.1) is 0 Å². The lowest BCUT2D eigenvalue weighted by Crippen LogP contribution is -2.01. The molecule has 0 aromatic heterocycles. The van der Waals surface area contributed by atoms with E-state index >= 15 is 0 Å². The van der Waals surface area contributed by atoms with Gasteiger partial charge in [-0.05, 0) is 49.2 Å². The molecule has 0 spiro atoms. The van der Waals surface area contributed by atoms with Crippen LogP contribution in [0, 0.1) is 18.6 Å². The number of halogens is 2. The molecule has 0 aliphatic heterocycles. The monoisotopic (exact) mass is 278 g/mol. The first-order valence-electron chi connectivity index (χ1n) is 6.32. The molecule has 0 aliphatic rings. The second-order valence-electron chi connectivity index (χ2n) is 4.72. The minimum atomic E-state index is -0.866. The fraction of sp³-hybridized carbons (Fsp3) is 0.250. The molecular formula is C16H16F2O2. The molecule has 1 atom stereocenters. The van der Waals surface area contributed by atoms with E-state index in [4.69, 9.17) is 4.74 Å². The van der Waals surface area contributed by atoms with Gasteiger partial charge in [0.05, 0.1) is 6.10 Å². The molecule has 106 valence electrons. The molecule has 0 heterocycles. The van der Waals surface area contributed by atoms with Crippen LogP contribution in [0.25, 0.3) is 0 Å². The number of ether oxygens (including phenoxy) is 1. The Balaban J connectivity index is 2.11. The van der Waals surface area contributed by atoms with Gasteiger partial charge < -0.3 is 9.84 Å². The maximum absolute atomic E-state index is 13.7. The molecule has 0 bridgehead atoms. The molecule has 0 fully saturated rings. The minimum Gasteiger partial charge on any atom is -0.489 e. The normalized spacial score (nSPS) is 12.2. The highest BCUT2D eigenvalue weighted by atomic mass is 19.1. The molecular weight excluding hydrogens is 262 g/mol. The van der Waals surface area contributed by atoms with Crippen LogP contribution in [0.4, 0.5) is 8.78 Å². The zero-order chi connectivity index (χ0) is 14.7. The molecule has 0 radical (unpaired) electrons. The molecule has 2 rings (SSSR count). The highest BCUT2D eigenvalue weighted by Gasteiger charge is 2.09. The number of aliphatic hydroxyl groups excluding tert-OH is 1. The van der Waals surface area contributed by atoms with Crippen molar-refractivity contribution in [2.75, 3.05) is 0 Å². The van der Waals surface area contributed by atoms with Crippen LogP contribution in [0.3, 0.4) is 0 Å². The predicted molar refractivity (Wildman–Crippen MR) is 72.5 cm³/mol. The third kappa shape index (κ3) is 3.33. The summed E-state index contributed by atoms with van der Waals surface area (Å²) >= 11 is 0. The van der Waals surface area contributed by atoms with E-state index in [0.29, 0.717) is 11.3 Å². The summed E-state index contributed by atoms with van der Waals surface area (Å²) in [7, 11) is 0. The number of hydrogen-bond acceptors (Lipinski definition) is 2. The quantitative estimate of drug-likeness (QED) is 0.919. The van der Waals surface area contributed by atoms with E-state index in [0.717, 1.165) is 5.56 Å². The van der Waals surface area contributed by atoms with Crippen molar-refractivity contribution in [3.63, 3.8) is 0 Å². The van der Waals surface area contributed by atoms with Crippen LogP contribution in [0.2, 0.25) is 0 Å². The molecule has 0 aliphatic carbocycles. The van der Waals surface area contributed by atoms with Gasteiger partial charge >= 0.3 is 0 Å². The van der Waals surface area contributed by atoms with Crippen molar-refractivity contribution in [3.8, 4) is 5.75 Å². The second kappa shape index (κ2) is 6.01. The Hall–Kier alpha value is -1.94. The number of aryl methyl sites for hydroxylation is 1. The summed E-state index contributed by atoms with van der Waals surface area (Å²) < 4.78 is 32.3. The Morgan fingerprint density at radius 1 is 1.15 bits per heavy atom. The molecule has 0 saturated carbocycles. The molecule has 4 heteroatoms. The van der Waals surface area contributed by atoms with Crippen LogP contribution in [0.5, 0.6) is 5.75 Å². The molecule has 2 nitrogen and oxygen atoms in total. The summed E-state index contributed by atoms with van der Waals surface area (Å²) in [4.78, 5) is 0. The van der Waals surface area contributed by atoms with E-state index in [1.807, 2.05) is 6.92 Å². The number of aliphatic hydroxyl groups is 1. The zero-order valence-corrected chi connectivity index (χ0v) is 11.4. The molecule has 0 amide bonds. The Bertz CT molecular complexity index is 609. The van der Waals surface area contributed by atoms with Crippen LogP contribution in [-0.2, 0) is 6.61 Å². The fourth-order valence-electron chi connectivity index (χ4n) is 1.89. The van der Waals surface area contributed by atoms with Gasteiger partial charge in [0.15, 0.2) is 0 Å². The van der Waals surface area contributed by atoms with Crippen molar-refractivity contribution in [2.45, 2.75) is 26.6 Å². The van der Waals surface area contributed by atoms with Crippen molar-refractivity contribution < 1.29 is 18.6 Å². The van der Waals surface area contributed by atoms with Gasteiger partial charge in [0.2, 0.25) is 0 Å². The maximum Gasteiger partial charge on any atom is 0.132 e. The van der Waals surface area contributed by atoms with Gasteiger partial charge in [0.1, 0.15) is 24.0 Å². The van der Waals surface area contributed by atoms with Crippen LogP contribution >= 0.6 is 0 Å². The van der Waals surface area contributed by atoms with Crippen molar-refractivity contribution >= 4 is 0 Å². The molecule has 0 unspecified atom stereocenters. The lowest BCUT2D eigenvalue weighted by Gasteiger charge is -2.11. The van der Waals surface area contributed by atoms with Crippen LogP contribution in [-0.4, -0.2) is 5.11 Å². The number of rotatable bonds is 4. The highest BCUT2D eigenvalue weighted by Crippen LogP contribution is 2.23. The zero-order valence-electron chi connectivity index (χ0n) is 11.4. The molecule has 2 aromatic rings. The Labute approximate surface area is 116 Å². The Morgan fingerprint density at radius 2 is 1.90 bits per heavy atom. The van der Waals surface area contributed by atoms with Crippen LogP contribution in [0.15, 0.2) is 36.4 Å². The fourth-order valence-corrected chi connectivity index (χ4v) is 1.89. The third-order valence-corrected chi connectivity index (χ3v) is 3.13. The van der Waals surface area contributed by atoms with Gasteiger partial charge in [0, 0.05) is 11.6 Å². The average Bonchev–Trinajstić information content (AvgIpc) is 2.39. The first kappa shape index (κ1) is 14.5. The van der Waals surface area contributed by atoms with E-state index in [2.05, 4.69) is 0 Å². The predicted octanol–water partition coefficient (Wildman–Crippen LogP) is 3.91. The van der Waals surface area contributed by atoms with Crippen molar-refractivity contribution in [3.05, 3.63) is 64.7 Å². The lowest BCUT2D eigenvalue weighted by molar-refractivity contribution is 0.194. The standard InChI is InChI=1S/C16H16F2O2/c1-10-3-4-13(17)7-12(10)9-20-14-5-6-15(11(2)19)16(18)8-14/h3-8,11,19H,9H2,1-2H3/t11-/m1/s1.